The van der Waals surface area contributed by atoms with Gasteiger partial charge in [0.1, 0.15) is 6.04 Å². The van der Waals surface area contributed by atoms with Crippen molar-refractivity contribution in [2.75, 3.05) is 7.11 Å². The summed E-state index contributed by atoms with van der Waals surface area (Å²) in [6.45, 7) is 3.85. The second-order valence-corrected chi connectivity index (χ2v) is 3.49. The van der Waals surface area contributed by atoms with Crippen molar-refractivity contribution in [2.45, 2.75) is 52.0 Å². The second kappa shape index (κ2) is 8.26. The summed E-state index contributed by atoms with van der Waals surface area (Å²) in [5.41, 5.74) is 0. The molecule has 4 nitrogen and oxygen atoms in total. The van der Waals surface area contributed by atoms with E-state index in [0.717, 1.165) is 19.3 Å². The van der Waals surface area contributed by atoms with Gasteiger partial charge in [-0.2, -0.15) is 0 Å². The number of amides is 1. The van der Waals surface area contributed by atoms with E-state index in [0.29, 0.717) is 12.8 Å². The van der Waals surface area contributed by atoms with E-state index in [9.17, 15) is 9.59 Å². The van der Waals surface area contributed by atoms with Gasteiger partial charge >= 0.3 is 5.97 Å². The number of methoxy groups -OCH3 is 1. The first-order chi connectivity index (χ1) is 7.15. The van der Waals surface area contributed by atoms with Gasteiger partial charge in [-0.3, -0.25) is 4.79 Å². The SMILES string of the molecule is CCCCCC(NC(=O)CC)C(=O)OC. The molecule has 88 valence electrons. The minimum atomic E-state index is -0.478. The molecule has 0 aromatic heterocycles. The lowest BCUT2D eigenvalue weighted by Gasteiger charge is -2.15. The van der Waals surface area contributed by atoms with Gasteiger partial charge in [0.05, 0.1) is 7.11 Å². The summed E-state index contributed by atoms with van der Waals surface area (Å²) in [7, 11) is 1.34. The zero-order chi connectivity index (χ0) is 11.7. The maximum Gasteiger partial charge on any atom is 0.328 e. The standard InChI is InChI=1S/C11H21NO3/c1-4-6-7-8-9(11(14)15-3)12-10(13)5-2/h9H,4-8H2,1-3H3,(H,12,13). The summed E-state index contributed by atoms with van der Waals surface area (Å²) >= 11 is 0. The van der Waals surface area contributed by atoms with Crippen molar-refractivity contribution in [1.29, 1.82) is 0 Å². The molecule has 1 amide bonds. The van der Waals surface area contributed by atoms with E-state index in [1.165, 1.54) is 7.11 Å². The number of esters is 1. The van der Waals surface area contributed by atoms with Crippen LogP contribution in [0.4, 0.5) is 0 Å². The maximum atomic E-state index is 11.3. The van der Waals surface area contributed by atoms with Gasteiger partial charge in [0.15, 0.2) is 0 Å². The minimum Gasteiger partial charge on any atom is -0.467 e. The highest BCUT2D eigenvalue weighted by molar-refractivity contribution is 5.84. The monoisotopic (exact) mass is 215 g/mol. The molecular formula is C11H21NO3. The summed E-state index contributed by atoms with van der Waals surface area (Å²) in [4.78, 5) is 22.5. The maximum absolute atomic E-state index is 11.3. The number of nitrogens with one attached hydrogen (secondary N) is 1. The Labute approximate surface area is 91.4 Å². The molecular weight excluding hydrogens is 194 g/mol. The predicted molar refractivity (Wildman–Crippen MR) is 58.4 cm³/mol. The van der Waals surface area contributed by atoms with Gasteiger partial charge in [-0.05, 0) is 6.42 Å². The summed E-state index contributed by atoms with van der Waals surface area (Å²) in [6.07, 6.45) is 4.14. The highest BCUT2D eigenvalue weighted by atomic mass is 16.5. The fourth-order valence-corrected chi connectivity index (χ4v) is 1.29. The Morgan fingerprint density at radius 2 is 1.93 bits per heavy atom. The third-order valence-corrected chi connectivity index (χ3v) is 2.24. The van der Waals surface area contributed by atoms with E-state index in [2.05, 4.69) is 17.0 Å². The molecule has 0 rings (SSSR count). The number of unbranched alkanes of at least 4 members (excludes halogenated alkanes) is 2. The smallest absolute Gasteiger partial charge is 0.328 e. The molecule has 0 aliphatic carbocycles. The molecule has 0 spiro atoms. The topological polar surface area (TPSA) is 55.4 Å². The van der Waals surface area contributed by atoms with Gasteiger partial charge in [-0.15, -0.1) is 0 Å². The molecule has 0 radical (unpaired) electrons. The summed E-state index contributed by atoms with van der Waals surface area (Å²) in [5, 5.41) is 2.66. The van der Waals surface area contributed by atoms with Gasteiger partial charge < -0.3 is 10.1 Å². The molecule has 15 heavy (non-hydrogen) atoms. The molecule has 4 heteroatoms. The van der Waals surface area contributed by atoms with E-state index in [4.69, 9.17) is 0 Å². The third kappa shape index (κ3) is 6.10. The fourth-order valence-electron chi connectivity index (χ4n) is 1.29. The first kappa shape index (κ1) is 13.9. The predicted octanol–water partition coefficient (Wildman–Crippen LogP) is 1.63. The number of carbonyl (C=O) groups excluding carboxylic acids is 2. The highest BCUT2D eigenvalue weighted by Crippen LogP contribution is 2.05. The van der Waals surface area contributed by atoms with Crippen molar-refractivity contribution in [3.05, 3.63) is 0 Å². The van der Waals surface area contributed by atoms with Crippen molar-refractivity contribution in [2.24, 2.45) is 0 Å². The van der Waals surface area contributed by atoms with Gasteiger partial charge in [-0.25, -0.2) is 4.79 Å². The van der Waals surface area contributed by atoms with Crippen LogP contribution in [0.25, 0.3) is 0 Å². The Morgan fingerprint density at radius 1 is 1.27 bits per heavy atom. The zero-order valence-electron chi connectivity index (χ0n) is 9.84. The first-order valence-electron chi connectivity index (χ1n) is 5.52. The molecule has 0 saturated carbocycles. The van der Waals surface area contributed by atoms with Crippen LogP contribution in [0.1, 0.15) is 46.0 Å². The molecule has 1 N–H and O–H groups in total. The Kier molecular flexibility index (Phi) is 7.68. The molecule has 0 fully saturated rings. The third-order valence-electron chi connectivity index (χ3n) is 2.24. The van der Waals surface area contributed by atoms with Crippen molar-refractivity contribution >= 4 is 11.9 Å². The van der Waals surface area contributed by atoms with Crippen molar-refractivity contribution in [3.8, 4) is 0 Å². The Morgan fingerprint density at radius 3 is 2.40 bits per heavy atom. The van der Waals surface area contributed by atoms with Crippen LogP contribution in [0.15, 0.2) is 0 Å². The number of ether oxygens (including phenoxy) is 1. The average molecular weight is 215 g/mol. The molecule has 0 heterocycles. The second-order valence-electron chi connectivity index (χ2n) is 3.49. The first-order valence-corrected chi connectivity index (χ1v) is 5.52. The molecule has 0 saturated heterocycles. The van der Waals surface area contributed by atoms with E-state index in [-0.39, 0.29) is 11.9 Å². The van der Waals surface area contributed by atoms with Gasteiger partial charge in [-0.1, -0.05) is 33.1 Å². The van der Waals surface area contributed by atoms with Crippen molar-refractivity contribution in [1.82, 2.24) is 5.32 Å². The van der Waals surface area contributed by atoms with Crippen LogP contribution in [-0.4, -0.2) is 25.0 Å². The van der Waals surface area contributed by atoms with Crippen LogP contribution in [0.3, 0.4) is 0 Å². The molecule has 1 unspecified atom stereocenters. The van der Waals surface area contributed by atoms with Crippen LogP contribution in [0, 0.1) is 0 Å². The number of hydrogen-bond donors (Lipinski definition) is 1. The Bertz CT molecular complexity index is 204. The Hall–Kier alpha value is -1.06. The summed E-state index contributed by atoms with van der Waals surface area (Å²) in [5.74, 6) is -0.463. The van der Waals surface area contributed by atoms with Crippen molar-refractivity contribution in [3.63, 3.8) is 0 Å². The molecule has 1 atom stereocenters. The largest absolute Gasteiger partial charge is 0.467 e. The summed E-state index contributed by atoms with van der Waals surface area (Å²) in [6, 6.07) is -0.478. The van der Waals surface area contributed by atoms with Crippen LogP contribution < -0.4 is 5.32 Å². The quantitative estimate of drug-likeness (QED) is 0.519. The lowest BCUT2D eigenvalue weighted by atomic mass is 10.1. The normalized spacial score (nSPS) is 11.9. The minimum absolute atomic E-state index is 0.109. The van der Waals surface area contributed by atoms with Crippen molar-refractivity contribution < 1.29 is 14.3 Å². The molecule has 0 aliphatic heterocycles. The lowest BCUT2D eigenvalue weighted by molar-refractivity contribution is -0.145. The van der Waals surface area contributed by atoms with Crippen LogP contribution in [0.5, 0.6) is 0 Å². The number of rotatable bonds is 7. The van der Waals surface area contributed by atoms with E-state index in [1.54, 1.807) is 6.92 Å². The highest BCUT2D eigenvalue weighted by Gasteiger charge is 2.19. The fraction of sp³-hybridized carbons (Fsp3) is 0.818. The summed E-state index contributed by atoms with van der Waals surface area (Å²) < 4.78 is 4.63. The number of hydrogen-bond acceptors (Lipinski definition) is 3. The van der Waals surface area contributed by atoms with Gasteiger partial charge in [0.25, 0.3) is 0 Å². The van der Waals surface area contributed by atoms with Crippen LogP contribution >= 0.6 is 0 Å². The van der Waals surface area contributed by atoms with Gasteiger partial charge in [0.2, 0.25) is 5.91 Å². The van der Waals surface area contributed by atoms with E-state index in [1.807, 2.05) is 0 Å². The lowest BCUT2D eigenvalue weighted by Crippen LogP contribution is -2.41. The molecule has 0 aliphatic rings. The van der Waals surface area contributed by atoms with Crippen LogP contribution in [-0.2, 0) is 14.3 Å². The molecule has 0 aromatic carbocycles. The average Bonchev–Trinajstić information content (AvgIpc) is 2.26. The Balaban J connectivity index is 4.06. The van der Waals surface area contributed by atoms with Crippen LogP contribution in [0.2, 0.25) is 0 Å². The molecule has 0 bridgehead atoms. The van der Waals surface area contributed by atoms with Gasteiger partial charge in [0, 0.05) is 6.42 Å². The molecule has 0 aromatic rings. The number of carbonyl (C=O) groups is 2. The zero-order valence-corrected chi connectivity index (χ0v) is 9.84. The van der Waals surface area contributed by atoms with E-state index >= 15 is 0 Å². The van der Waals surface area contributed by atoms with E-state index < -0.39 is 6.04 Å².